The minimum absolute atomic E-state index is 0.368. The molecule has 1 unspecified atom stereocenters. The lowest BCUT2D eigenvalue weighted by Gasteiger charge is -2.10. The predicted octanol–water partition coefficient (Wildman–Crippen LogP) is 0.548. The van der Waals surface area contributed by atoms with Gasteiger partial charge in [-0.15, -0.1) is 0 Å². The molecule has 0 bridgehead atoms. The van der Waals surface area contributed by atoms with Crippen LogP contribution in [0.1, 0.15) is 11.6 Å². The van der Waals surface area contributed by atoms with Crippen LogP contribution in [0.25, 0.3) is 0 Å². The van der Waals surface area contributed by atoms with Gasteiger partial charge in [-0.2, -0.15) is 11.3 Å². The molecule has 0 saturated carbocycles. The van der Waals surface area contributed by atoms with Gasteiger partial charge in [0.25, 0.3) is 0 Å². The van der Waals surface area contributed by atoms with Crippen LogP contribution in [0.3, 0.4) is 0 Å². The van der Waals surface area contributed by atoms with Crippen LogP contribution in [0.2, 0.25) is 0 Å². The number of nitrogens with one attached hydrogen (secondary N) is 1. The van der Waals surface area contributed by atoms with Gasteiger partial charge >= 0.3 is 11.9 Å². The van der Waals surface area contributed by atoms with Crippen LogP contribution < -0.4 is 5.32 Å². The molecule has 3 N–H and O–H groups in total. The minimum Gasteiger partial charge on any atom is -0.480 e. The summed E-state index contributed by atoms with van der Waals surface area (Å²) in [6, 6.07) is 0.704. The monoisotopic (exact) mass is 215 g/mol. The number of carboxylic acids is 2. The quantitative estimate of drug-likeness (QED) is 0.667. The van der Waals surface area contributed by atoms with Gasteiger partial charge in [-0.3, -0.25) is 14.9 Å². The molecule has 0 fully saturated rings. The van der Waals surface area contributed by atoms with E-state index >= 15 is 0 Å². The van der Waals surface area contributed by atoms with Crippen LogP contribution in [0.5, 0.6) is 0 Å². The number of hydrogen-bond donors (Lipinski definition) is 3. The Bertz CT molecular complexity index is 322. The molecule has 0 aliphatic rings. The first-order chi connectivity index (χ1) is 6.61. The Morgan fingerprint density at radius 1 is 1.50 bits per heavy atom. The zero-order valence-electron chi connectivity index (χ0n) is 7.14. The minimum atomic E-state index is -1.08. The number of carbonyl (C=O) groups is 2. The molecule has 1 aromatic rings. The summed E-state index contributed by atoms with van der Waals surface area (Å²) in [6.45, 7) is -0.368. The van der Waals surface area contributed by atoms with Gasteiger partial charge in [0.15, 0.2) is 0 Å². The van der Waals surface area contributed by atoms with E-state index in [1.54, 1.807) is 16.8 Å². The van der Waals surface area contributed by atoms with Gasteiger partial charge in [-0.05, 0) is 22.4 Å². The van der Waals surface area contributed by atoms with E-state index in [-0.39, 0.29) is 6.54 Å². The molecule has 1 rings (SSSR count). The highest BCUT2D eigenvalue weighted by Crippen LogP contribution is 2.16. The largest absolute Gasteiger partial charge is 0.480 e. The third-order valence-electron chi connectivity index (χ3n) is 1.58. The van der Waals surface area contributed by atoms with Crippen molar-refractivity contribution in [2.45, 2.75) is 6.04 Å². The Morgan fingerprint density at radius 2 is 2.21 bits per heavy atom. The van der Waals surface area contributed by atoms with Crippen LogP contribution in [0, 0.1) is 0 Å². The maximum absolute atomic E-state index is 10.8. The van der Waals surface area contributed by atoms with Crippen LogP contribution in [-0.4, -0.2) is 28.7 Å². The molecule has 0 aromatic carbocycles. The van der Waals surface area contributed by atoms with E-state index in [0.717, 1.165) is 0 Å². The van der Waals surface area contributed by atoms with Gasteiger partial charge < -0.3 is 10.2 Å². The molecule has 6 heteroatoms. The van der Waals surface area contributed by atoms with Crippen LogP contribution in [0.15, 0.2) is 16.8 Å². The average molecular weight is 215 g/mol. The zero-order chi connectivity index (χ0) is 10.6. The van der Waals surface area contributed by atoms with Crippen LogP contribution >= 0.6 is 11.3 Å². The van der Waals surface area contributed by atoms with Crippen molar-refractivity contribution in [3.8, 4) is 0 Å². The number of aliphatic carboxylic acids is 2. The molecule has 1 heterocycles. The van der Waals surface area contributed by atoms with Gasteiger partial charge in [0.05, 0.1) is 6.54 Å². The van der Waals surface area contributed by atoms with Gasteiger partial charge in [0.2, 0.25) is 0 Å². The van der Waals surface area contributed by atoms with Crippen molar-refractivity contribution < 1.29 is 19.8 Å². The smallest absolute Gasteiger partial charge is 0.325 e. The van der Waals surface area contributed by atoms with Gasteiger partial charge in [-0.25, -0.2) is 0 Å². The highest BCUT2D eigenvalue weighted by Gasteiger charge is 2.20. The molecule has 0 amide bonds. The number of thiophene rings is 1. The van der Waals surface area contributed by atoms with E-state index in [4.69, 9.17) is 10.2 Å². The molecule has 0 saturated heterocycles. The molecule has 5 nitrogen and oxygen atoms in total. The molecule has 0 aliphatic carbocycles. The lowest BCUT2D eigenvalue weighted by molar-refractivity contribution is -0.140. The summed E-state index contributed by atoms with van der Waals surface area (Å²) in [5, 5.41) is 23.0. The van der Waals surface area contributed by atoms with Crippen LogP contribution in [-0.2, 0) is 9.59 Å². The predicted molar refractivity (Wildman–Crippen MR) is 50.3 cm³/mol. The van der Waals surface area contributed by atoms with E-state index in [9.17, 15) is 9.59 Å². The molecule has 1 atom stereocenters. The first kappa shape index (κ1) is 10.7. The fourth-order valence-corrected chi connectivity index (χ4v) is 1.66. The SMILES string of the molecule is O=C(O)CNC(C(=O)O)c1ccsc1. The summed E-state index contributed by atoms with van der Waals surface area (Å²) in [6.07, 6.45) is 0. The average Bonchev–Trinajstić information content (AvgIpc) is 2.56. The molecule has 0 radical (unpaired) electrons. The van der Waals surface area contributed by atoms with Gasteiger partial charge in [0.1, 0.15) is 6.04 Å². The van der Waals surface area contributed by atoms with Crippen molar-refractivity contribution in [3.05, 3.63) is 22.4 Å². The lowest BCUT2D eigenvalue weighted by atomic mass is 10.1. The topological polar surface area (TPSA) is 86.6 Å². The standard InChI is InChI=1S/C8H9NO4S/c10-6(11)3-9-7(8(12)13)5-1-2-14-4-5/h1-2,4,7,9H,3H2,(H,10,11)(H,12,13). The fourth-order valence-electron chi connectivity index (χ4n) is 0.976. The first-order valence-electron chi connectivity index (χ1n) is 3.81. The normalized spacial score (nSPS) is 12.3. The van der Waals surface area contributed by atoms with E-state index in [2.05, 4.69) is 5.32 Å². The van der Waals surface area contributed by atoms with Crippen molar-refractivity contribution >= 4 is 23.3 Å². The molecule has 14 heavy (non-hydrogen) atoms. The van der Waals surface area contributed by atoms with E-state index in [1.807, 2.05) is 0 Å². The number of rotatable bonds is 5. The van der Waals surface area contributed by atoms with E-state index < -0.39 is 18.0 Å². The molecular weight excluding hydrogens is 206 g/mol. The summed E-state index contributed by atoms with van der Waals surface area (Å²) in [7, 11) is 0. The summed E-state index contributed by atoms with van der Waals surface area (Å²) in [5.74, 6) is -2.16. The Kier molecular flexibility index (Phi) is 3.61. The van der Waals surface area contributed by atoms with E-state index in [1.165, 1.54) is 11.3 Å². The third-order valence-corrected chi connectivity index (χ3v) is 2.28. The third kappa shape index (κ3) is 2.82. The van der Waals surface area contributed by atoms with Gasteiger partial charge in [-0.1, -0.05) is 0 Å². The Morgan fingerprint density at radius 3 is 2.64 bits per heavy atom. The van der Waals surface area contributed by atoms with Crippen molar-refractivity contribution in [1.82, 2.24) is 5.32 Å². The van der Waals surface area contributed by atoms with E-state index in [0.29, 0.717) is 5.56 Å². The first-order valence-corrected chi connectivity index (χ1v) is 4.75. The summed E-state index contributed by atoms with van der Waals surface area (Å²) < 4.78 is 0. The summed E-state index contributed by atoms with van der Waals surface area (Å²) >= 11 is 1.37. The Labute approximate surface area is 84.0 Å². The molecular formula is C8H9NO4S. The van der Waals surface area contributed by atoms with Crippen LogP contribution in [0.4, 0.5) is 0 Å². The zero-order valence-corrected chi connectivity index (χ0v) is 7.95. The van der Waals surface area contributed by atoms with Crippen molar-refractivity contribution in [1.29, 1.82) is 0 Å². The maximum atomic E-state index is 10.8. The molecule has 1 aromatic heterocycles. The second kappa shape index (κ2) is 4.73. The van der Waals surface area contributed by atoms with Crippen molar-refractivity contribution in [3.63, 3.8) is 0 Å². The maximum Gasteiger partial charge on any atom is 0.325 e. The second-order valence-electron chi connectivity index (χ2n) is 2.60. The molecule has 0 spiro atoms. The highest BCUT2D eigenvalue weighted by atomic mass is 32.1. The van der Waals surface area contributed by atoms with Crippen molar-refractivity contribution in [2.24, 2.45) is 0 Å². The lowest BCUT2D eigenvalue weighted by Crippen LogP contribution is -2.32. The summed E-state index contributed by atoms with van der Waals surface area (Å²) in [5.41, 5.74) is 0.573. The number of hydrogen-bond acceptors (Lipinski definition) is 4. The summed E-state index contributed by atoms with van der Waals surface area (Å²) in [4.78, 5) is 21.0. The fraction of sp³-hybridized carbons (Fsp3) is 0.250. The highest BCUT2D eigenvalue weighted by molar-refractivity contribution is 7.08. The van der Waals surface area contributed by atoms with Gasteiger partial charge in [0, 0.05) is 0 Å². The Balaban J connectivity index is 2.66. The van der Waals surface area contributed by atoms with Crippen molar-refractivity contribution in [2.75, 3.05) is 6.54 Å². The number of carboxylic acid groups (broad SMARTS) is 2. The molecule has 76 valence electrons. The second-order valence-corrected chi connectivity index (χ2v) is 3.38. The molecule has 0 aliphatic heterocycles. The Hall–Kier alpha value is -1.40.